The summed E-state index contributed by atoms with van der Waals surface area (Å²) in [5.41, 5.74) is 7.62. The monoisotopic (exact) mass is 162 g/mol. The molecule has 12 heavy (non-hydrogen) atoms. The van der Waals surface area contributed by atoms with Crippen molar-refractivity contribution in [3.05, 3.63) is 36.2 Å². The molecule has 1 rings (SSSR count). The smallest absolute Gasteiger partial charge is 0.0655 e. The lowest BCUT2D eigenvalue weighted by atomic mass is 10.1. The molecule has 0 saturated carbocycles. The molecular formula is C10H14N2. The number of hydrogen-bond acceptors (Lipinski definition) is 2. The van der Waals surface area contributed by atoms with Gasteiger partial charge in [-0.2, -0.15) is 0 Å². The molecule has 1 aromatic rings. The molecule has 64 valence electrons. The van der Waals surface area contributed by atoms with Gasteiger partial charge in [0.15, 0.2) is 0 Å². The Balaban J connectivity index is 2.71. The molecule has 0 saturated heterocycles. The predicted molar refractivity (Wildman–Crippen MR) is 51.6 cm³/mol. The third-order valence-electron chi connectivity index (χ3n) is 1.69. The molecule has 2 N–H and O–H groups in total. The van der Waals surface area contributed by atoms with Crippen molar-refractivity contribution in [2.24, 2.45) is 5.73 Å². The molecular weight excluding hydrogens is 148 g/mol. The van der Waals surface area contributed by atoms with Crippen LogP contribution in [-0.4, -0.2) is 11.5 Å². The molecule has 0 aliphatic rings. The summed E-state index contributed by atoms with van der Waals surface area (Å²) in [7, 11) is 0. The Bertz CT molecular complexity index is 252. The highest BCUT2D eigenvalue weighted by atomic mass is 14.7. The van der Waals surface area contributed by atoms with Crippen molar-refractivity contribution in [1.82, 2.24) is 4.98 Å². The molecule has 2 heteroatoms. The van der Waals surface area contributed by atoms with E-state index in [1.54, 1.807) is 6.20 Å². The first-order chi connectivity index (χ1) is 5.84. The SMILES string of the molecule is C/C(=C/CCN)c1ccccn1. The molecule has 0 aromatic carbocycles. The van der Waals surface area contributed by atoms with Gasteiger partial charge in [0.25, 0.3) is 0 Å². The van der Waals surface area contributed by atoms with Crippen LogP contribution in [0.3, 0.4) is 0 Å². The topological polar surface area (TPSA) is 38.9 Å². The van der Waals surface area contributed by atoms with Gasteiger partial charge in [0.1, 0.15) is 0 Å². The fraction of sp³-hybridized carbons (Fsp3) is 0.300. The van der Waals surface area contributed by atoms with E-state index in [4.69, 9.17) is 5.73 Å². The highest BCUT2D eigenvalue weighted by Crippen LogP contribution is 2.09. The minimum absolute atomic E-state index is 0.699. The minimum Gasteiger partial charge on any atom is -0.330 e. The highest BCUT2D eigenvalue weighted by Gasteiger charge is 1.92. The Morgan fingerprint density at radius 1 is 1.58 bits per heavy atom. The lowest BCUT2D eigenvalue weighted by molar-refractivity contribution is 1.01. The molecule has 0 radical (unpaired) electrons. The average Bonchev–Trinajstić information content (AvgIpc) is 2.15. The van der Waals surface area contributed by atoms with Gasteiger partial charge in [0.2, 0.25) is 0 Å². The van der Waals surface area contributed by atoms with E-state index >= 15 is 0 Å². The normalized spacial score (nSPS) is 11.7. The van der Waals surface area contributed by atoms with Gasteiger partial charge < -0.3 is 5.73 Å². The Kier molecular flexibility index (Phi) is 3.48. The molecule has 0 atom stereocenters. The second kappa shape index (κ2) is 4.67. The van der Waals surface area contributed by atoms with E-state index in [0.717, 1.165) is 12.1 Å². The third-order valence-corrected chi connectivity index (χ3v) is 1.69. The minimum atomic E-state index is 0.699. The Morgan fingerprint density at radius 2 is 2.42 bits per heavy atom. The lowest BCUT2D eigenvalue weighted by Gasteiger charge is -1.98. The van der Waals surface area contributed by atoms with Gasteiger partial charge in [0, 0.05) is 6.20 Å². The Labute approximate surface area is 73.1 Å². The van der Waals surface area contributed by atoms with Crippen LogP contribution in [0, 0.1) is 0 Å². The van der Waals surface area contributed by atoms with Crippen molar-refractivity contribution in [2.45, 2.75) is 13.3 Å². The van der Waals surface area contributed by atoms with Crippen molar-refractivity contribution in [3.8, 4) is 0 Å². The fourth-order valence-electron chi connectivity index (χ4n) is 1.00. The van der Waals surface area contributed by atoms with Crippen LogP contribution in [0.25, 0.3) is 5.57 Å². The Hall–Kier alpha value is -1.15. The molecule has 0 aliphatic carbocycles. The number of nitrogens with zero attached hydrogens (tertiary/aromatic N) is 1. The summed E-state index contributed by atoms with van der Waals surface area (Å²) >= 11 is 0. The predicted octanol–water partition coefficient (Wildman–Crippen LogP) is 1.83. The average molecular weight is 162 g/mol. The molecule has 0 bridgehead atoms. The zero-order valence-corrected chi connectivity index (χ0v) is 7.33. The third kappa shape index (κ3) is 2.47. The number of pyridine rings is 1. The quantitative estimate of drug-likeness (QED) is 0.736. The second-order valence-electron chi connectivity index (χ2n) is 2.68. The number of aromatic nitrogens is 1. The number of nitrogens with two attached hydrogens (primary N) is 1. The zero-order valence-electron chi connectivity index (χ0n) is 7.33. The van der Waals surface area contributed by atoms with E-state index in [1.807, 2.05) is 18.2 Å². The molecule has 0 unspecified atom stereocenters. The van der Waals surface area contributed by atoms with Crippen LogP contribution < -0.4 is 5.73 Å². The van der Waals surface area contributed by atoms with Crippen molar-refractivity contribution >= 4 is 5.57 Å². The number of hydrogen-bond donors (Lipinski definition) is 1. The van der Waals surface area contributed by atoms with Gasteiger partial charge in [-0.3, -0.25) is 4.98 Å². The van der Waals surface area contributed by atoms with Gasteiger partial charge in [-0.1, -0.05) is 12.1 Å². The van der Waals surface area contributed by atoms with Crippen molar-refractivity contribution in [3.63, 3.8) is 0 Å². The largest absolute Gasteiger partial charge is 0.330 e. The molecule has 1 aromatic heterocycles. The first-order valence-electron chi connectivity index (χ1n) is 4.13. The summed E-state index contributed by atoms with van der Waals surface area (Å²) in [4.78, 5) is 4.22. The van der Waals surface area contributed by atoms with E-state index in [0.29, 0.717) is 6.54 Å². The first kappa shape index (κ1) is 8.94. The first-order valence-corrected chi connectivity index (χ1v) is 4.13. The second-order valence-corrected chi connectivity index (χ2v) is 2.68. The van der Waals surface area contributed by atoms with Gasteiger partial charge in [-0.15, -0.1) is 0 Å². The van der Waals surface area contributed by atoms with Crippen molar-refractivity contribution < 1.29 is 0 Å². The molecule has 1 heterocycles. The van der Waals surface area contributed by atoms with Gasteiger partial charge in [0.05, 0.1) is 5.69 Å². The van der Waals surface area contributed by atoms with E-state index in [9.17, 15) is 0 Å². The summed E-state index contributed by atoms with van der Waals surface area (Å²) in [5, 5.41) is 0. The van der Waals surface area contributed by atoms with E-state index < -0.39 is 0 Å². The highest BCUT2D eigenvalue weighted by molar-refractivity contribution is 5.59. The van der Waals surface area contributed by atoms with Gasteiger partial charge in [-0.25, -0.2) is 0 Å². The maximum atomic E-state index is 5.39. The van der Waals surface area contributed by atoms with Gasteiger partial charge >= 0.3 is 0 Å². The summed E-state index contributed by atoms with van der Waals surface area (Å²) in [6.45, 7) is 2.75. The van der Waals surface area contributed by atoms with E-state index in [1.165, 1.54) is 5.57 Å². The van der Waals surface area contributed by atoms with Crippen LogP contribution in [-0.2, 0) is 0 Å². The molecule has 0 amide bonds. The molecule has 0 fully saturated rings. The van der Waals surface area contributed by atoms with Gasteiger partial charge in [-0.05, 0) is 37.6 Å². The maximum absolute atomic E-state index is 5.39. The van der Waals surface area contributed by atoms with Crippen molar-refractivity contribution in [2.75, 3.05) is 6.54 Å². The zero-order chi connectivity index (χ0) is 8.81. The lowest BCUT2D eigenvalue weighted by Crippen LogP contribution is -1.96. The van der Waals surface area contributed by atoms with Crippen LogP contribution in [0.15, 0.2) is 30.5 Å². The van der Waals surface area contributed by atoms with Crippen molar-refractivity contribution in [1.29, 1.82) is 0 Å². The summed E-state index contributed by atoms with van der Waals surface area (Å²) in [6, 6.07) is 5.91. The summed E-state index contributed by atoms with van der Waals surface area (Å²) < 4.78 is 0. The Morgan fingerprint density at radius 3 is 3.00 bits per heavy atom. The molecule has 0 spiro atoms. The molecule has 2 nitrogen and oxygen atoms in total. The standard InChI is InChI=1S/C10H14N2/c1-9(5-4-7-11)10-6-2-3-8-12-10/h2-3,5-6,8H,4,7,11H2,1H3/b9-5-. The number of rotatable bonds is 3. The van der Waals surface area contributed by atoms with Crippen LogP contribution in [0.2, 0.25) is 0 Å². The van der Waals surface area contributed by atoms with Crippen LogP contribution in [0.5, 0.6) is 0 Å². The molecule has 0 aliphatic heterocycles. The van der Waals surface area contributed by atoms with Crippen LogP contribution in [0.4, 0.5) is 0 Å². The fourth-order valence-corrected chi connectivity index (χ4v) is 1.00. The summed E-state index contributed by atoms with van der Waals surface area (Å²) in [5.74, 6) is 0. The van der Waals surface area contributed by atoms with E-state index in [-0.39, 0.29) is 0 Å². The van der Waals surface area contributed by atoms with E-state index in [2.05, 4.69) is 18.0 Å². The van der Waals surface area contributed by atoms with Crippen LogP contribution in [0.1, 0.15) is 19.0 Å². The number of allylic oxidation sites excluding steroid dienone is 1. The summed E-state index contributed by atoms with van der Waals surface area (Å²) in [6.07, 6.45) is 4.83. The maximum Gasteiger partial charge on any atom is 0.0655 e. The van der Waals surface area contributed by atoms with Crippen LogP contribution >= 0.6 is 0 Å².